The van der Waals surface area contributed by atoms with E-state index in [0.717, 1.165) is 24.3 Å². The zero-order valence-corrected chi connectivity index (χ0v) is 10.1. The summed E-state index contributed by atoms with van der Waals surface area (Å²) >= 11 is 0. The van der Waals surface area contributed by atoms with Crippen LogP contribution >= 0.6 is 0 Å². The van der Waals surface area contributed by atoms with Crippen molar-refractivity contribution in [1.29, 1.82) is 0 Å². The predicted octanol–water partition coefficient (Wildman–Crippen LogP) is 1.05. The molecule has 0 spiro atoms. The summed E-state index contributed by atoms with van der Waals surface area (Å²) in [6.45, 7) is 4.51. The van der Waals surface area contributed by atoms with Crippen LogP contribution in [0.2, 0.25) is 0 Å². The van der Waals surface area contributed by atoms with Crippen molar-refractivity contribution in [1.82, 2.24) is 0 Å². The van der Waals surface area contributed by atoms with Crippen LogP contribution in [0.4, 0.5) is 5.69 Å². The molecule has 92 valence electrons. The van der Waals surface area contributed by atoms with Crippen LogP contribution in [0.1, 0.15) is 17.3 Å². The van der Waals surface area contributed by atoms with E-state index in [9.17, 15) is 4.79 Å². The minimum atomic E-state index is 0.0957. The lowest BCUT2D eigenvalue weighted by atomic mass is 10.1. The van der Waals surface area contributed by atoms with E-state index in [0.29, 0.717) is 13.2 Å². The van der Waals surface area contributed by atoms with Crippen LogP contribution in [0, 0.1) is 0 Å². The number of anilines is 1. The molecule has 4 nitrogen and oxygen atoms in total. The molecule has 1 unspecified atom stereocenters. The first-order valence-electron chi connectivity index (χ1n) is 5.88. The van der Waals surface area contributed by atoms with E-state index in [1.54, 1.807) is 6.92 Å². The maximum absolute atomic E-state index is 11.2. The molecular weight excluding hydrogens is 216 g/mol. The van der Waals surface area contributed by atoms with E-state index in [4.69, 9.17) is 10.5 Å². The van der Waals surface area contributed by atoms with Crippen molar-refractivity contribution in [3.8, 4) is 0 Å². The molecule has 0 bridgehead atoms. The zero-order chi connectivity index (χ0) is 12.3. The Morgan fingerprint density at radius 1 is 1.47 bits per heavy atom. The van der Waals surface area contributed by atoms with Gasteiger partial charge in [0.05, 0.1) is 12.7 Å². The summed E-state index contributed by atoms with van der Waals surface area (Å²) in [4.78, 5) is 13.4. The number of ketones is 1. The number of ether oxygens (including phenoxy) is 1. The van der Waals surface area contributed by atoms with Crippen molar-refractivity contribution in [2.75, 3.05) is 31.1 Å². The summed E-state index contributed by atoms with van der Waals surface area (Å²) in [5.74, 6) is 0.0957. The molecule has 1 atom stereocenters. The molecule has 0 radical (unpaired) electrons. The molecule has 1 aromatic rings. The molecule has 1 aliphatic heterocycles. The van der Waals surface area contributed by atoms with Gasteiger partial charge in [-0.05, 0) is 31.2 Å². The first-order valence-corrected chi connectivity index (χ1v) is 5.88. The van der Waals surface area contributed by atoms with Gasteiger partial charge in [0.1, 0.15) is 0 Å². The maximum Gasteiger partial charge on any atom is 0.159 e. The van der Waals surface area contributed by atoms with Crippen LogP contribution in [0.3, 0.4) is 0 Å². The zero-order valence-electron chi connectivity index (χ0n) is 10.1. The van der Waals surface area contributed by atoms with Crippen molar-refractivity contribution < 1.29 is 9.53 Å². The van der Waals surface area contributed by atoms with Crippen molar-refractivity contribution in [2.24, 2.45) is 5.73 Å². The Labute approximate surface area is 101 Å². The third-order valence-corrected chi connectivity index (χ3v) is 3.04. The molecule has 2 rings (SSSR count). The third-order valence-electron chi connectivity index (χ3n) is 3.04. The molecule has 2 N–H and O–H groups in total. The lowest BCUT2D eigenvalue weighted by molar-refractivity contribution is 0.0466. The summed E-state index contributed by atoms with van der Waals surface area (Å²) in [6, 6.07) is 7.69. The van der Waals surface area contributed by atoms with Gasteiger partial charge in [-0.1, -0.05) is 0 Å². The van der Waals surface area contributed by atoms with Gasteiger partial charge < -0.3 is 15.4 Å². The Kier molecular flexibility index (Phi) is 3.76. The highest BCUT2D eigenvalue weighted by atomic mass is 16.5. The van der Waals surface area contributed by atoms with Crippen molar-refractivity contribution >= 4 is 11.5 Å². The van der Waals surface area contributed by atoms with E-state index < -0.39 is 0 Å². The molecular formula is C13H18N2O2. The fourth-order valence-corrected chi connectivity index (χ4v) is 2.00. The summed E-state index contributed by atoms with van der Waals surface area (Å²) < 4.78 is 5.52. The number of hydrogen-bond acceptors (Lipinski definition) is 4. The number of benzene rings is 1. The number of nitrogens with two attached hydrogens (primary N) is 1. The van der Waals surface area contributed by atoms with Crippen LogP contribution in [0.5, 0.6) is 0 Å². The minimum Gasteiger partial charge on any atom is -0.373 e. The molecule has 1 heterocycles. The smallest absolute Gasteiger partial charge is 0.159 e. The second-order valence-electron chi connectivity index (χ2n) is 4.28. The van der Waals surface area contributed by atoms with Crippen molar-refractivity contribution in [3.05, 3.63) is 29.8 Å². The number of morpholine rings is 1. The van der Waals surface area contributed by atoms with Gasteiger partial charge in [-0.25, -0.2) is 0 Å². The highest BCUT2D eigenvalue weighted by Crippen LogP contribution is 2.18. The normalized spacial score (nSPS) is 20.4. The van der Waals surface area contributed by atoms with Gasteiger partial charge >= 0.3 is 0 Å². The Morgan fingerprint density at radius 3 is 2.76 bits per heavy atom. The molecule has 1 aromatic carbocycles. The minimum absolute atomic E-state index is 0.0957. The summed E-state index contributed by atoms with van der Waals surface area (Å²) in [6.07, 6.45) is 0.108. The Balaban J connectivity index is 2.08. The summed E-state index contributed by atoms with van der Waals surface area (Å²) in [5.41, 5.74) is 7.48. The third kappa shape index (κ3) is 2.84. The van der Waals surface area contributed by atoms with Gasteiger partial charge in [0.15, 0.2) is 5.78 Å². The van der Waals surface area contributed by atoms with Crippen LogP contribution in [0.25, 0.3) is 0 Å². The van der Waals surface area contributed by atoms with E-state index in [1.807, 2.05) is 24.3 Å². The van der Waals surface area contributed by atoms with E-state index in [-0.39, 0.29) is 11.9 Å². The SMILES string of the molecule is CC(=O)c1ccc(N2CCOC(CN)C2)cc1. The molecule has 1 aliphatic rings. The second-order valence-corrected chi connectivity index (χ2v) is 4.28. The van der Waals surface area contributed by atoms with Crippen LogP contribution in [-0.4, -0.2) is 38.1 Å². The van der Waals surface area contributed by atoms with Gasteiger partial charge in [-0.15, -0.1) is 0 Å². The number of hydrogen-bond donors (Lipinski definition) is 1. The quantitative estimate of drug-likeness (QED) is 0.794. The van der Waals surface area contributed by atoms with Gasteiger partial charge in [0, 0.05) is 30.9 Å². The van der Waals surface area contributed by atoms with Gasteiger partial charge in [-0.2, -0.15) is 0 Å². The fraction of sp³-hybridized carbons (Fsp3) is 0.462. The van der Waals surface area contributed by atoms with Gasteiger partial charge in [0.2, 0.25) is 0 Å². The highest BCUT2D eigenvalue weighted by Gasteiger charge is 2.19. The highest BCUT2D eigenvalue weighted by molar-refractivity contribution is 5.94. The van der Waals surface area contributed by atoms with Crippen molar-refractivity contribution in [3.63, 3.8) is 0 Å². The average Bonchev–Trinajstić information content (AvgIpc) is 2.39. The molecule has 0 aromatic heterocycles. The van der Waals surface area contributed by atoms with Gasteiger partial charge in [-0.3, -0.25) is 4.79 Å². The monoisotopic (exact) mass is 234 g/mol. The second kappa shape index (κ2) is 5.29. The Hall–Kier alpha value is -1.39. The van der Waals surface area contributed by atoms with Crippen LogP contribution in [-0.2, 0) is 4.74 Å². The molecule has 17 heavy (non-hydrogen) atoms. The van der Waals surface area contributed by atoms with Crippen LogP contribution < -0.4 is 10.6 Å². The van der Waals surface area contributed by atoms with E-state index >= 15 is 0 Å². The number of Topliss-reactive ketones (excluding diaryl/α,β-unsaturated/α-hetero) is 1. The van der Waals surface area contributed by atoms with Crippen molar-refractivity contribution in [2.45, 2.75) is 13.0 Å². The van der Waals surface area contributed by atoms with E-state index in [1.165, 1.54) is 0 Å². The standard InChI is InChI=1S/C13H18N2O2/c1-10(16)11-2-4-12(5-3-11)15-6-7-17-13(8-14)9-15/h2-5,13H,6-9,14H2,1H3. The molecule has 0 aliphatic carbocycles. The molecule has 4 heteroatoms. The number of rotatable bonds is 3. The summed E-state index contributed by atoms with van der Waals surface area (Å²) in [7, 11) is 0. The average molecular weight is 234 g/mol. The fourth-order valence-electron chi connectivity index (χ4n) is 2.00. The molecule has 0 saturated carbocycles. The number of carbonyl (C=O) groups is 1. The number of carbonyl (C=O) groups excluding carboxylic acids is 1. The molecule has 1 fully saturated rings. The topological polar surface area (TPSA) is 55.6 Å². The largest absolute Gasteiger partial charge is 0.373 e. The first kappa shape index (κ1) is 12.1. The predicted molar refractivity (Wildman–Crippen MR) is 67.5 cm³/mol. The first-order chi connectivity index (χ1) is 8.20. The number of nitrogens with zero attached hydrogens (tertiary/aromatic N) is 1. The van der Waals surface area contributed by atoms with Crippen LogP contribution in [0.15, 0.2) is 24.3 Å². The van der Waals surface area contributed by atoms with Gasteiger partial charge in [0.25, 0.3) is 0 Å². The molecule has 1 saturated heterocycles. The van der Waals surface area contributed by atoms with E-state index in [2.05, 4.69) is 4.90 Å². The lowest BCUT2D eigenvalue weighted by Gasteiger charge is -2.34. The Morgan fingerprint density at radius 2 is 2.18 bits per heavy atom. The lowest BCUT2D eigenvalue weighted by Crippen LogP contribution is -2.45. The maximum atomic E-state index is 11.2. The Bertz CT molecular complexity index is 389. The molecule has 0 amide bonds. The summed E-state index contributed by atoms with van der Waals surface area (Å²) in [5, 5.41) is 0.